The second-order valence-corrected chi connectivity index (χ2v) is 3.90. The fraction of sp³-hybridized carbons (Fsp3) is 0.0769. The third kappa shape index (κ3) is 2.61. The fourth-order valence-electron chi connectivity index (χ4n) is 1.54. The molecule has 0 N–H and O–H groups in total. The molecule has 0 fully saturated rings. The lowest BCUT2D eigenvalue weighted by atomic mass is 9.99. The number of halogens is 4. The average Bonchev–Trinajstić information content (AvgIpc) is 2.29. The van der Waals surface area contributed by atoms with E-state index >= 15 is 0 Å². The Kier molecular flexibility index (Phi) is 3.11. The van der Waals surface area contributed by atoms with Crippen molar-refractivity contribution in [3.05, 3.63) is 59.1 Å². The lowest BCUT2D eigenvalue weighted by molar-refractivity contribution is -0.137. The van der Waals surface area contributed by atoms with Gasteiger partial charge in [-0.15, -0.1) is 0 Å². The molecule has 0 aliphatic rings. The Morgan fingerprint density at radius 2 is 1.65 bits per heavy atom. The van der Waals surface area contributed by atoms with Gasteiger partial charge in [-0.25, -0.2) is 0 Å². The zero-order valence-corrected chi connectivity index (χ0v) is 9.31. The van der Waals surface area contributed by atoms with Crippen LogP contribution in [0.4, 0.5) is 13.2 Å². The molecule has 0 aliphatic carbocycles. The van der Waals surface area contributed by atoms with Crippen molar-refractivity contribution in [1.29, 1.82) is 0 Å². The Balaban J connectivity index is 2.56. The minimum Gasteiger partial charge on any atom is -0.166 e. The predicted octanol–water partition coefficient (Wildman–Crippen LogP) is 4.83. The first-order chi connectivity index (χ1) is 7.98. The number of hydrogen-bond acceptors (Lipinski definition) is 0. The van der Waals surface area contributed by atoms with Crippen molar-refractivity contribution in [2.75, 3.05) is 0 Å². The molecule has 0 heterocycles. The largest absolute Gasteiger partial charge is 0.417 e. The van der Waals surface area contributed by atoms with E-state index in [4.69, 9.17) is 11.6 Å². The maximum Gasteiger partial charge on any atom is 0.417 e. The van der Waals surface area contributed by atoms with E-state index in [-0.39, 0.29) is 5.56 Å². The summed E-state index contributed by atoms with van der Waals surface area (Å²) in [6.45, 7) is 0. The molecule has 0 atom stereocenters. The highest BCUT2D eigenvalue weighted by Gasteiger charge is 2.33. The maximum atomic E-state index is 12.8. The van der Waals surface area contributed by atoms with Crippen LogP contribution in [0.2, 0.25) is 5.02 Å². The monoisotopic (exact) mass is 255 g/mol. The van der Waals surface area contributed by atoms with Crippen LogP contribution in [0.5, 0.6) is 0 Å². The highest BCUT2D eigenvalue weighted by molar-refractivity contribution is 6.30. The van der Waals surface area contributed by atoms with Crippen LogP contribution >= 0.6 is 11.6 Å². The summed E-state index contributed by atoms with van der Waals surface area (Å²) in [6, 6.07) is 12.7. The molecule has 0 nitrogen and oxygen atoms in total. The van der Waals surface area contributed by atoms with Crippen molar-refractivity contribution in [3.8, 4) is 11.1 Å². The quantitative estimate of drug-likeness (QED) is 0.685. The van der Waals surface area contributed by atoms with Crippen molar-refractivity contribution >= 4 is 11.6 Å². The Morgan fingerprint density at radius 3 is 2.24 bits per heavy atom. The molecule has 87 valence electrons. The first-order valence-corrected chi connectivity index (χ1v) is 5.20. The smallest absolute Gasteiger partial charge is 0.166 e. The van der Waals surface area contributed by atoms with Gasteiger partial charge in [0.05, 0.1) is 5.56 Å². The summed E-state index contributed by atoms with van der Waals surface area (Å²) in [5, 5.41) is 0.488. The Morgan fingerprint density at radius 1 is 1.00 bits per heavy atom. The highest BCUT2D eigenvalue weighted by Crippen LogP contribution is 2.36. The third-order valence-corrected chi connectivity index (χ3v) is 2.55. The minimum atomic E-state index is -4.41. The molecule has 0 saturated carbocycles. The van der Waals surface area contributed by atoms with Gasteiger partial charge in [-0.05, 0) is 29.3 Å². The molecule has 0 unspecified atom stereocenters. The van der Waals surface area contributed by atoms with Crippen molar-refractivity contribution in [2.24, 2.45) is 0 Å². The third-order valence-electron chi connectivity index (χ3n) is 2.29. The van der Waals surface area contributed by atoms with E-state index in [1.165, 1.54) is 18.2 Å². The molecule has 0 saturated heterocycles. The van der Waals surface area contributed by atoms with Crippen LogP contribution < -0.4 is 0 Å². The highest BCUT2D eigenvalue weighted by atomic mass is 35.5. The molecule has 2 aromatic carbocycles. The van der Waals surface area contributed by atoms with Gasteiger partial charge in [0.2, 0.25) is 0 Å². The summed E-state index contributed by atoms with van der Waals surface area (Å²) in [6.07, 6.45) is -4.41. The summed E-state index contributed by atoms with van der Waals surface area (Å²) in [5.41, 5.74) is -0.183. The Labute approximate surface area is 102 Å². The molecule has 0 aromatic heterocycles. The molecular weight excluding hydrogens is 249 g/mol. The van der Waals surface area contributed by atoms with Crippen LogP contribution in [0.25, 0.3) is 11.1 Å². The Bertz CT molecular complexity index is 515. The van der Waals surface area contributed by atoms with E-state index in [9.17, 15) is 13.2 Å². The SMILES string of the molecule is FC(F)(F)c1[c]cccc1-c1ccc(Cl)cc1. The molecule has 0 bridgehead atoms. The van der Waals surface area contributed by atoms with Crippen LogP contribution in [0, 0.1) is 6.07 Å². The second-order valence-electron chi connectivity index (χ2n) is 3.46. The van der Waals surface area contributed by atoms with E-state index in [1.54, 1.807) is 24.3 Å². The van der Waals surface area contributed by atoms with E-state index in [0.29, 0.717) is 10.6 Å². The molecule has 4 heteroatoms. The van der Waals surface area contributed by atoms with Gasteiger partial charge in [-0.1, -0.05) is 41.9 Å². The summed E-state index contributed by atoms with van der Waals surface area (Å²) in [5.74, 6) is 0. The summed E-state index contributed by atoms with van der Waals surface area (Å²) >= 11 is 5.70. The van der Waals surface area contributed by atoms with Crippen LogP contribution in [-0.2, 0) is 6.18 Å². The summed E-state index contributed by atoms with van der Waals surface area (Å²) < 4.78 is 38.3. The van der Waals surface area contributed by atoms with Crippen LogP contribution in [0.3, 0.4) is 0 Å². The number of rotatable bonds is 1. The number of benzene rings is 2. The normalized spacial score (nSPS) is 11.5. The van der Waals surface area contributed by atoms with Gasteiger partial charge in [0.25, 0.3) is 0 Å². The first kappa shape index (κ1) is 12.0. The van der Waals surface area contributed by atoms with Crippen molar-refractivity contribution in [1.82, 2.24) is 0 Å². The summed E-state index contributed by atoms with van der Waals surface area (Å²) in [7, 11) is 0. The molecule has 2 aromatic rings. The van der Waals surface area contributed by atoms with Crippen LogP contribution in [-0.4, -0.2) is 0 Å². The lowest BCUT2D eigenvalue weighted by Gasteiger charge is -2.12. The van der Waals surface area contributed by atoms with Gasteiger partial charge in [0.1, 0.15) is 0 Å². The minimum absolute atomic E-state index is 0.108. The van der Waals surface area contributed by atoms with Gasteiger partial charge in [0.15, 0.2) is 0 Å². The van der Waals surface area contributed by atoms with E-state index in [2.05, 4.69) is 6.07 Å². The standard InChI is InChI=1S/C13H7ClF3/c14-10-7-5-9(6-8-10)11-3-1-2-4-12(11)13(15,16)17/h1-3,5-8H. The van der Waals surface area contributed by atoms with Gasteiger partial charge >= 0.3 is 6.18 Å². The van der Waals surface area contributed by atoms with Gasteiger partial charge in [-0.3, -0.25) is 0 Å². The molecule has 0 spiro atoms. The van der Waals surface area contributed by atoms with Crippen LogP contribution in [0.15, 0.2) is 42.5 Å². The zero-order chi connectivity index (χ0) is 12.5. The molecular formula is C13H7ClF3. The Hall–Kier alpha value is -1.48. The molecule has 1 radical (unpaired) electrons. The van der Waals surface area contributed by atoms with Gasteiger partial charge in [-0.2, -0.15) is 13.2 Å². The predicted molar refractivity (Wildman–Crippen MR) is 60.7 cm³/mol. The fourth-order valence-corrected chi connectivity index (χ4v) is 1.67. The zero-order valence-electron chi connectivity index (χ0n) is 8.55. The van der Waals surface area contributed by atoms with E-state index in [0.717, 1.165) is 0 Å². The van der Waals surface area contributed by atoms with Gasteiger partial charge < -0.3 is 0 Å². The molecule has 0 amide bonds. The number of alkyl halides is 3. The van der Waals surface area contributed by atoms with Crippen LogP contribution in [0.1, 0.15) is 5.56 Å². The molecule has 2 rings (SSSR count). The topological polar surface area (TPSA) is 0 Å². The van der Waals surface area contributed by atoms with Crippen molar-refractivity contribution in [3.63, 3.8) is 0 Å². The molecule has 0 aliphatic heterocycles. The van der Waals surface area contributed by atoms with E-state index < -0.39 is 11.7 Å². The molecule has 17 heavy (non-hydrogen) atoms. The summed E-state index contributed by atoms with van der Waals surface area (Å²) in [4.78, 5) is 0. The first-order valence-electron chi connectivity index (χ1n) is 4.82. The maximum absolute atomic E-state index is 12.8. The number of hydrogen-bond donors (Lipinski definition) is 0. The average molecular weight is 256 g/mol. The second kappa shape index (κ2) is 4.41. The lowest BCUT2D eigenvalue weighted by Crippen LogP contribution is -2.07. The van der Waals surface area contributed by atoms with Crippen molar-refractivity contribution in [2.45, 2.75) is 6.18 Å². The van der Waals surface area contributed by atoms with E-state index in [1.807, 2.05) is 0 Å². The van der Waals surface area contributed by atoms with Crippen molar-refractivity contribution < 1.29 is 13.2 Å². The van der Waals surface area contributed by atoms with Gasteiger partial charge in [0, 0.05) is 5.02 Å².